The van der Waals surface area contributed by atoms with Crippen molar-refractivity contribution in [3.8, 4) is 5.75 Å². The third-order valence-corrected chi connectivity index (χ3v) is 3.82. The first-order chi connectivity index (χ1) is 8.11. The molecule has 2 aliphatic rings. The van der Waals surface area contributed by atoms with Crippen LogP contribution in [-0.4, -0.2) is 23.4 Å². The molecule has 0 bridgehead atoms. The van der Waals surface area contributed by atoms with Crippen LogP contribution in [0.25, 0.3) is 0 Å². The van der Waals surface area contributed by atoms with E-state index < -0.39 is 11.7 Å². The summed E-state index contributed by atoms with van der Waals surface area (Å²) in [6.07, 6.45) is 0.561. The lowest BCUT2D eigenvalue weighted by atomic mass is 9.84. The predicted molar refractivity (Wildman–Crippen MR) is 59.4 cm³/mol. The van der Waals surface area contributed by atoms with Crippen molar-refractivity contribution in [2.45, 2.75) is 37.6 Å². The van der Waals surface area contributed by atoms with E-state index in [4.69, 9.17) is 9.47 Å². The second-order valence-electron chi connectivity index (χ2n) is 4.83. The number of rotatable bonds is 0. The maximum Gasteiger partial charge on any atom is 0.140 e. The summed E-state index contributed by atoms with van der Waals surface area (Å²) in [6, 6.07) is 4.27. The Morgan fingerprint density at radius 2 is 2.29 bits per heavy atom. The lowest BCUT2D eigenvalue weighted by molar-refractivity contribution is -0.0567. The number of benzene rings is 1. The highest BCUT2D eigenvalue weighted by Crippen LogP contribution is 2.45. The summed E-state index contributed by atoms with van der Waals surface area (Å²) in [5.41, 5.74) is 0.163. The van der Waals surface area contributed by atoms with Gasteiger partial charge in [0.2, 0.25) is 0 Å². The zero-order valence-electron chi connectivity index (χ0n) is 9.65. The monoisotopic (exact) mass is 238 g/mol. The molecule has 3 atom stereocenters. The van der Waals surface area contributed by atoms with Crippen LogP contribution in [0.1, 0.15) is 31.4 Å². The third kappa shape index (κ3) is 1.63. The summed E-state index contributed by atoms with van der Waals surface area (Å²) in [5.74, 6) is 0.0978. The second-order valence-corrected chi connectivity index (χ2v) is 4.83. The zero-order chi connectivity index (χ0) is 12.0. The van der Waals surface area contributed by atoms with Crippen LogP contribution >= 0.6 is 0 Å². The largest absolute Gasteiger partial charge is 0.484 e. The van der Waals surface area contributed by atoms with E-state index in [9.17, 15) is 9.50 Å². The minimum atomic E-state index is -0.608. The van der Waals surface area contributed by atoms with Crippen LogP contribution < -0.4 is 4.74 Å². The fourth-order valence-electron chi connectivity index (χ4n) is 2.74. The smallest absolute Gasteiger partial charge is 0.140 e. The Balaban J connectivity index is 2.02. The van der Waals surface area contributed by atoms with E-state index in [0.717, 1.165) is 6.42 Å². The van der Waals surface area contributed by atoms with E-state index in [1.54, 1.807) is 6.07 Å². The molecule has 1 fully saturated rings. The van der Waals surface area contributed by atoms with Crippen molar-refractivity contribution in [2.75, 3.05) is 6.61 Å². The van der Waals surface area contributed by atoms with Crippen molar-refractivity contribution in [3.05, 3.63) is 29.6 Å². The van der Waals surface area contributed by atoms with Crippen molar-refractivity contribution in [2.24, 2.45) is 0 Å². The van der Waals surface area contributed by atoms with Gasteiger partial charge in [-0.25, -0.2) is 4.39 Å². The molecule has 0 saturated carbocycles. The molecule has 2 heterocycles. The number of hydrogen-bond acceptors (Lipinski definition) is 3. The maximum atomic E-state index is 13.2. The van der Waals surface area contributed by atoms with Crippen LogP contribution in [0.15, 0.2) is 18.2 Å². The van der Waals surface area contributed by atoms with Gasteiger partial charge in [-0.1, -0.05) is 0 Å². The third-order valence-electron chi connectivity index (χ3n) is 3.82. The molecule has 4 heteroatoms. The highest BCUT2D eigenvalue weighted by Gasteiger charge is 2.48. The Kier molecular flexibility index (Phi) is 2.38. The Morgan fingerprint density at radius 3 is 3.00 bits per heavy atom. The van der Waals surface area contributed by atoms with Crippen molar-refractivity contribution < 1.29 is 19.0 Å². The van der Waals surface area contributed by atoms with Gasteiger partial charge in [0.1, 0.15) is 17.2 Å². The van der Waals surface area contributed by atoms with E-state index in [1.807, 2.05) is 6.92 Å². The molecule has 2 aliphatic heterocycles. The average molecular weight is 238 g/mol. The fraction of sp³-hybridized carbons (Fsp3) is 0.538. The first-order valence-electron chi connectivity index (χ1n) is 5.89. The first kappa shape index (κ1) is 11.0. The van der Waals surface area contributed by atoms with Crippen molar-refractivity contribution in [3.63, 3.8) is 0 Å². The van der Waals surface area contributed by atoms with Crippen LogP contribution in [0.5, 0.6) is 5.75 Å². The van der Waals surface area contributed by atoms with E-state index >= 15 is 0 Å². The zero-order valence-corrected chi connectivity index (χ0v) is 9.65. The van der Waals surface area contributed by atoms with Gasteiger partial charge in [0, 0.05) is 24.5 Å². The van der Waals surface area contributed by atoms with Gasteiger partial charge >= 0.3 is 0 Å². The van der Waals surface area contributed by atoms with Crippen molar-refractivity contribution >= 4 is 0 Å². The Hall–Kier alpha value is -1.13. The lowest BCUT2D eigenvalue weighted by Crippen LogP contribution is -2.46. The van der Waals surface area contributed by atoms with Gasteiger partial charge in [0.15, 0.2) is 0 Å². The number of ether oxygens (including phenoxy) is 2. The van der Waals surface area contributed by atoms with Crippen LogP contribution in [0.4, 0.5) is 4.39 Å². The summed E-state index contributed by atoms with van der Waals surface area (Å²) in [6.45, 7) is 2.56. The van der Waals surface area contributed by atoms with Crippen LogP contribution in [-0.2, 0) is 4.74 Å². The SMILES string of the molecule is CC1OCCC12C[C@H](O)c1ccc(F)cc1O2. The fourth-order valence-corrected chi connectivity index (χ4v) is 2.74. The molecule has 1 aromatic carbocycles. The molecule has 17 heavy (non-hydrogen) atoms. The molecule has 2 unspecified atom stereocenters. The quantitative estimate of drug-likeness (QED) is 0.753. The molecule has 1 aromatic rings. The van der Waals surface area contributed by atoms with E-state index in [-0.39, 0.29) is 11.9 Å². The number of aliphatic hydroxyl groups is 1. The predicted octanol–water partition coefficient (Wildman–Crippen LogP) is 2.19. The average Bonchev–Trinajstić information content (AvgIpc) is 2.59. The van der Waals surface area contributed by atoms with Gasteiger partial charge in [-0.3, -0.25) is 0 Å². The van der Waals surface area contributed by atoms with Crippen molar-refractivity contribution in [1.29, 1.82) is 0 Å². The van der Waals surface area contributed by atoms with Gasteiger partial charge in [0.25, 0.3) is 0 Å². The number of fused-ring (bicyclic) bond motifs is 1. The lowest BCUT2D eigenvalue weighted by Gasteiger charge is -2.39. The van der Waals surface area contributed by atoms with Gasteiger partial charge < -0.3 is 14.6 Å². The first-order valence-corrected chi connectivity index (χ1v) is 5.89. The molecular weight excluding hydrogens is 223 g/mol. The highest BCUT2D eigenvalue weighted by molar-refractivity contribution is 5.39. The Bertz CT molecular complexity index is 448. The topological polar surface area (TPSA) is 38.7 Å². The van der Waals surface area contributed by atoms with Gasteiger partial charge in [-0.05, 0) is 19.1 Å². The summed E-state index contributed by atoms with van der Waals surface area (Å²) in [5, 5.41) is 10.1. The Labute approximate surface area is 99.2 Å². The standard InChI is InChI=1S/C13H15FO3/c1-8-13(4-5-16-8)7-11(15)10-3-2-9(14)6-12(10)17-13/h2-3,6,8,11,15H,4-5,7H2,1H3/t8?,11-,13?/m0/s1. The molecule has 1 saturated heterocycles. The minimum absolute atomic E-state index is 0.0754. The summed E-state index contributed by atoms with van der Waals surface area (Å²) >= 11 is 0. The van der Waals surface area contributed by atoms with Crippen LogP contribution in [0.3, 0.4) is 0 Å². The van der Waals surface area contributed by atoms with Crippen molar-refractivity contribution in [1.82, 2.24) is 0 Å². The molecule has 3 nitrogen and oxygen atoms in total. The van der Waals surface area contributed by atoms with Crippen LogP contribution in [0.2, 0.25) is 0 Å². The van der Waals surface area contributed by atoms with Gasteiger partial charge in [0.05, 0.1) is 18.8 Å². The number of halogens is 1. The molecule has 1 N–H and O–H groups in total. The molecule has 0 radical (unpaired) electrons. The minimum Gasteiger partial charge on any atom is -0.484 e. The molecule has 92 valence electrons. The van der Waals surface area contributed by atoms with Gasteiger partial charge in [-0.15, -0.1) is 0 Å². The maximum absolute atomic E-state index is 13.2. The summed E-state index contributed by atoms with van der Waals surface area (Å²) in [7, 11) is 0. The molecular formula is C13H15FO3. The van der Waals surface area contributed by atoms with E-state index in [1.165, 1.54) is 12.1 Å². The van der Waals surface area contributed by atoms with Gasteiger partial charge in [-0.2, -0.15) is 0 Å². The second kappa shape index (κ2) is 3.68. The molecule has 3 rings (SSSR count). The molecule has 0 aromatic heterocycles. The number of hydrogen-bond donors (Lipinski definition) is 1. The molecule has 0 aliphatic carbocycles. The van der Waals surface area contributed by atoms with Crippen LogP contribution in [0, 0.1) is 5.82 Å². The molecule has 0 amide bonds. The molecule has 1 spiro atoms. The highest BCUT2D eigenvalue weighted by atomic mass is 19.1. The Morgan fingerprint density at radius 1 is 1.47 bits per heavy atom. The normalized spacial score (nSPS) is 35.7. The van der Waals surface area contributed by atoms with E-state index in [2.05, 4.69) is 0 Å². The number of aliphatic hydroxyl groups excluding tert-OH is 1. The summed E-state index contributed by atoms with van der Waals surface area (Å²) in [4.78, 5) is 0. The van der Waals surface area contributed by atoms with E-state index in [0.29, 0.717) is 24.3 Å². The summed E-state index contributed by atoms with van der Waals surface area (Å²) < 4.78 is 24.6.